The summed E-state index contributed by atoms with van der Waals surface area (Å²) >= 11 is 0. The van der Waals surface area contributed by atoms with E-state index in [0.717, 1.165) is 30.6 Å². The van der Waals surface area contributed by atoms with Crippen molar-refractivity contribution in [2.75, 3.05) is 11.4 Å². The average molecular weight is 251 g/mol. The molecule has 2 nitrogen and oxygen atoms in total. The minimum absolute atomic E-state index is 0.124. The second-order valence-electron chi connectivity index (χ2n) is 4.96. The molecule has 1 aliphatic heterocycles. The summed E-state index contributed by atoms with van der Waals surface area (Å²) in [6.07, 6.45) is 2.25. The number of ketones is 1. The minimum Gasteiger partial charge on any atom is -0.341 e. The number of rotatable bonds is 2. The van der Waals surface area contributed by atoms with Crippen LogP contribution < -0.4 is 4.90 Å². The number of fused-ring (bicyclic) bond motifs is 1. The molecule has 0 unspecified atom stereocenters. The zero-order valence-corrected chi connectivity index (χ0v) is 11.1. The highest BCUT2D eigenvalue weighted by Crippen LogP contribution is 2.35. The Bertz CT molecular complexity index is 618. The van der Waals surface area contributed by atoms with Crippen LogP contribution in [0.4, 0.5) is 11.4 Å². The molecule has 2 heteroatoms. The SMILES string of the molecule is CC(=O)c1ccccc1N1CCCc2ccccc21. The molecule has 0 saturated heterocycles. The van der Waals surface area contributed by atoms with Crippen molar-refractivity contribution in [3.63, 3.8) is 0 Å². The highest BCUT2D eigenvalue weighted by atomic mass is 16.1. The molecule has 0 N–H and O–H groups in total. The van der Waals surface area contributed by atoms with Crippen LogP contribution in [-0.4, -0.2) is 12.3 Å². The highest BCUT2D eigenvalue weighted by molar-refractivity contribution is 6.00. The largest absolute Gasteiger partial charge is 0.341 e. The average Bonchev–Trinajstić information content (AvgIpc) is 2.46. The number of aryl methyl sites for hydroxylation is 1. The van der Waals surface area contributed by atoms with Gasteiger partial charge in [0.15, 0.2) is 5.78 Å². The smallest absolute Gasteiger partial charge is 0.161 e. The number of hydrogen-bond acceptors (Lipinski definition) is 2. The molecule has 0 aromatic heterocycles. The number of anilines is 2. The first kappa shape index (κ1) is 12.0. The van der Waals surface area contributed by atoms with Crippen molar-refractivity contribution >= 4 is 17.2 Å². The number of benzene rings is 2. The van der Waals surface area contributed by atoms with E-state index in [1.54, 1.807) is 6.92 Å². The molecule has 2 aromatic carbocycles. The molecule has 19 heavy (non-hydrogen) atoms. The predicted octanol–water partition coefficient (Wildman–Crippen LogP) is 3.97. The van der Waals surface area contributed by atoms with E-state index in [4.69, 9.17) is 0 Å². The van der Waals surface area contributed by atoms with Crippen LogP contribution in [0.25, 0.3) is 0 Å². The van der Waals surface area contributed by atoms with Crippen LogP contribution in [0.5, 0.6) is 0 Å². The maximum absolute atomic E-state index is 11.8. The summed E-state index contributed by atoms with van der Waals surface area (Å²) < 4.78 is 0. The van der Waals surface area contributed by atoms with Crippen molar-refractivity contribution < 1.29 is 4.79 Å². The van der Waals surface area contributed by atoms with Crippen molar-refractivity contribution in [3.8, 4) is 0 Å². The maximum atomic E-state index is 11.8. The van der Waals surface area contributed by atoms with Gasteiger partial charge in [0.25, 0.3) is 0 Å². The van der Waals surface area contributed by atoms with Crippen LogP contribution in [0, 0.1) is 0 Å². The van der Waals surface area contributed by atoms with Gasteiger partial charge < -0.3 is 4.90 Å². The Morgan fingerprint density at radius 2 is 1.68 bits per heavy atom. The Morgan fingerprint density at radius 3 is 2.47 bits per heavy atom. The molecule has 0 amide bonds. The van der Waals surface area contributed by atoms with Gasteiger partial charge in [-0.2, -0.15) is 0 Å². The molecule has 3 rings (SSSR count). The van der Waals surface area contributed by atoms with E-state index in [0.29, 0.717) is 0 Å². The highest BCUT2D eigenvalue weighted by Gasteiger charge is 2.20. The fraction of sp³-hybridized carbons (Fsp3) is 0.235. The third-order valence-corrected chi connectivity index (χ3v) is 3.68. The van der Waals surface area contributed by atoms with Crippen LogP contribution in [0.15, 0.2) is 48.5 Å². The van der Waals surface area contributed by atoms with Crippen molar-refractivity contribution in [3.05, 3.63) is 59.7 Å². The number of carbonyl (C=O) groups excluding carboxylic acids is 1. The van der Waals surface area contributed by atoms with Gasteiger partial charge in [-0.15, -0.1) is 0 Å². The molecule has 1 aliphatic rings. The lowest BCUT2D eigenvalue weighted by Crippen LogP contribution is -2.25. The summed E-state index contributed by atoms with van der Waals surface area (Å²) in [5.74, 6) is 0.124. The van der Waals surface area contributed by atoms with Gasteiger partial charge in [0.1, 0.15) is 0 Å². The Morgan fingerprint density at radius 1 is 1.00 bits per heavy atom. The van der Waals surface area contributed by atoms with Crippen molar-refractivity contribution in [2.45, 2.75) is 19.8 Å². The Labute approximate surface area is 113 Å². The standard InChI is InChI=1S/C17H17NO/c1-13(19)15-9-3-5-11-17(15)18-12-6-8-14-7-2-4-10-16(14)18/h2-5,7,9-11H,6,8,12H2,1H3. The van der Waals surface area contributed by atoms with Crippen molar-refractivity contribution in [1.82, 2.24) is 0 Å². The monoisotopic (exact) mass is 251 g/mol. The molecule has 0 atom stereocenters. The van der Waals surface area contributed by atoms with E-state index in [1.807, 2.05) is 24.3 Å². The van der Waals surface area contributed by atoms with Gasteiger partial charge in [0.05, 0.1) is 5.69 Å². The fourth-order valence-corrected chi connectivity index (χ4v) is 2.79. The van der Waals surface area contributed by atoms with Gasteiger partial charge in [-0.3, -0.25) is 4.79 Å². The zero-order valence-electron chi connectivity index (χ0n) is 11.1. The lowest BCUT2D eigenvalue weighted by molar-refractivity contribution is 0.101. The Balaban J connectivity index is 2.12. The number of carbonyl (C=O) groups is 1. The summed E-state index contributed by atoms with van der Waals surface area (Å²) in [5, 5.41) is 0. The van der Waals surface area contributed by atoms with E-state index in [-0.39, 0.29) is 5.78 Å². The van der Waals surface area contributed by atoms with Gasteiger partial charge in [0.2, 0.25) is 0 Å². The van der Waals surface area contributed by atoms with E-state index in [1.165, 1.54) is 11.3 Å². The fourth-order valence-electron chi connectivity index (χ4n) is 2.79. The Kier molecular flexibility index (Phi) is 3.08. The van der Waals surface area contributed by atoms with E-state index in [9.17, 15) is 4.79 Å². The van der Waals surface area contributed by atoms with E-state index < -0.39 is 0 Å². The van der Waals surface area contributed by atoms with E-state index in [2.05, 4.69) is 29.2 Å². The molecular weight excluding hydrogens is 234 g/mol. The van der Waals surface area contributed by atoms with Gasteiger partial charge in [-0.25, -0.2) is 0 Å². The van der Waals surface area contributed by atoms with Crippen LogP contribution >= 0.6 is 0 Å². The molecular formula is C17H17NO. The van der Waals surface area contributed by atoms with Crippen molar-refractivity contribution in [1.29, 1.82) is 0 Å². The molecule has 0 fully saturated rings. The molecule has 0 aliphatic carbocycles. The topological polar surface area (TPSA) is 20.3 Å². The first-order chi connectivity index (χ1) is 9.27. The molecule has 0 spiro atoms. The molecule has 0 radical (unpaired) electrons. The van der Waals surface area contributed by atoms with Crippen molar-refractivity contribution in [2.24, 2.45) is 0 Å². The lowest BCUT2D eigenvalue weighted by atomic mass is 9.99. The number of para-hydroxylation sites is 2. The van der Waals surface area contributed by atoms with Gasteiger partial charge in [-0.05, 0) is 43.5 Å². The van der Waals surface area contributed by atoms with Gasteiger partial charge in [0, 0.05) is 17.8 Å². The first-order valence-electron chi connectivity index (χ1n) is 6.73. The summed E-state index contributed by atoms with van der Waals surface area (Å²) in [4.78, 5) is 14.1. The van der Waals surface area contributed by atoms with E-state index >= 15 is 0 Å². The molecule has 96 valence electrons. The molecule has 1 heterocycles. The zero-order chi connectivity index (χ0) is 13.2. The Hall–Kier alpha value is -2.09. The van der Waals surface area contributed by atoms with Crippen LogP contribution in [-0.2, 0) is 6.42 Å². The van der Waals surface area contributed by atoms with Gasteiger partial charge in [-0.1, -0.05) is 30.3 Å². The third kappa shape index (κ3) is 2.14. The molecule has 0 saturated carbocycles. The van der Waals surface area contributed by atoms with Crippen LogP contribution in [0.3, 0.4) is 0 Å². The molecule has 2 aromatic rings. The number of Topliss-reactive ketones (excluding diaryl/α,β-unsaturated/α-hetero) is 1. The predicted molar refractivity (Wildman–Crippen MR) is 78.2 cm³/mol. The number of hydrogen-bond donors (Lipinski definition) is 0. The van der Waals surface area contributed by atoms with Gasteiger partial charge >= 0.3 is 0 Å². The first-order valence-corrected chi connectivity index (χ1v) is 6.73. The third-order valence-electron chi connectivity index (χ3n) is 3.68. The maximum Gasteiger partial charge on any atom is 0.161 e. The molecule has 0 bridgehead atoms. The summed E-state index contributed by atoms with van der Waals surface area (Å²) in [7, 11) is 0. The summed E-state index contributed by atoms with van der Waals surface area (Å²) in [6.45, 7) is 2.61. The summed E-state index contributed by atoms with van der Waals surface area (Å²) in [6, 6.07) is 16.3. The number of nitrogens with zero attached hydrogens (tertiary/aromatic N) is 1. The minimum atomic E-state index is 0.124. The normalized spacial score (nSPS) is 14.1. The lowest BCUT2D eigenvalue weighted by Gasteiger charge is -2.32. The second-order valence-corrected chi connectivity index (χ2v) is 4.96. The quantitative estimate of drug-likeness (QED) is 0.753. The van der Waals surface area contributed by atoms with Crippen LogP contribution in [0.1, 0.15) is 29.3 Å². The van der Waals surface area contributed by atoms with Crippen LogP contribution in [0.2, 0.25) is 0 Å². The second kappa shape index (κ2) is 4.88. The summed E-state index contributed by atoms with van der Waals surface area (Å²) in [5.41, 5.74) is 4.44.